The van der Waals surface area contributed by atoms with Gasteiger partial charge in [0, 0.05) is 24.0 Å². The van der Waals surface area contributed by atoms with E-state index in [9.17, 15) is 13.5 Å². The molecule has 0 radical (unpaired) electrons. The highest BCUT2D eigenvalue weighted by atomic mass is 32.2. The Bertz CT molecular complexity index is 710. The third-order valence-corrected chi connectivity index (χ3v) is 8.42. The molecule has 0 aliphatic carbocycles. The minimum absolute atomic E-state index is 0.0536. The van der Waals surface area contributed by atoms with Gasteiger partial charge in [0.15, 0.2) is 15.8 Å². The first-order valence-corrected chi connectivity index (χ1v) is 11.0. The highest BCUT2D eigenvalue weighted by molar-refractivity contribution is 7.93. The Balaban J connectivity index is 2.04. The van der Waals surface area contributed by atoms with Crippen molar-refractivity contribution < 1.29 is 13.5 Å². The lowest BCUT2D eigenvalue weighted by Gasteiger charge is -2.62. The second kappa shape index (κ2) is 7.25. The van der Waals surface area contributed by atoms with Gasteiger partial charge in [-0.2, -0.15) is 0 Å². The number of hydrogen-bond acceptors (Lipinski definition) is 5. The highest BCUT2D eigenvalue weighted by Gasteiger charge is 2.53. The summed E-state index contributed by atoms with van der Waals surface area (Å²) in [4.78, 5) is 6.66. The Morgan fingerprint density at radius 1 is 1.44 bits per heavy atom. The van der Waals surface area contributed by atoms with E-state index >= 15 is 0 Å². The molecule has 1 aliphatic heterocycles. The van der Waals surface area contributed by atoms with Crippen LogP contribution in [0.25, 0.3) is 0 Å². The van der Waals surface area contributed by atoms with Crippen LogP contribution >= 0.6 is 11.3 Å². The topological polar surface area (TPSA) is 82.0 Å². The van der Waals surface area contributed by atoms with Crippen molar-refractivity contribution in [3.63, 3.8) is 0 Å². The summed E-state index contributed by atoms with van der Waals surface area (Å²) in [5.74, 6) is 0.407. The largest absolute Gasteiger partial charge is 0.390 e. The third kappa shape index (κ3) is 4.17. The monoisotopic (exact) mass is 387 g/mol. The number of hydrogen-bond donors (Lipinski definition) is 2. The fourth-order valence-electron chi connectivity index (χ4n) is 2.82. The number of aliphatic imine (C=N–C) groups is 1. The molecule has 1 atom stereocenters. The summed E-state index contributed by atoms with van der Waals surface area (Å²) in [6, 6.07) is 3.25. The van der Waals surface area contributed by atoms with E-state index in [1.54, 1.807) is 17.5 Å². The lowest BCUT2D eigenvalue weighted by atomic mass is 9.65. The third-order valence-electron chi connectivity index (χ3n) is 5.14. The van der Waals surface area contributed by atoms with Gasteiger partial charge in [0.2, 0.25) is 0 Å². The van der Waals surface area contributed by atoms with Crippen molar-refractivity contribution in [2.45, 2.75) is 50.5 Å². The Kier molecular flexibility index (Phi) is 5.85. The summed E-state index contributed by atoms with van der Waals surface area (Å²) in [5, 5.41) is 15.1. The minimum Gasteiger partial charge on any atom is -0.390 e. The van der Waals surface area contributed by atoms with Crippen molar-refractivity contribution in [3.8, 4) is 0 Å². The van der Waals surface area contributed by atoms with E-state index in [-0.39, 0.29) is 27.5 Å². The van der Waals surface area contributed by atoms with Crippen LogP contribution in [-0.2, 0) is 9.84 Å². The second-order valence-electron chi connectivity index (χ2n) is 7.59. The zero-order valence-electron chi connectivity index (χ0n) is 15.6. The molecular weight excluding hydrogens is 358 g/mol. The molecule has 1 saturated heterocycles. The molecule has 1 aliphatic rings. The molecule has 1 unspecified atom stereocenters. The molecule has 142 valence electrons. The van der Waals surface area contributed by atoms with Crippen LogP contribution in [0.4, 0.5) is 0 Å². The number of thiophene rings is 1. The van der Waals surface area contributed by atoms with Crippen molar-refractivity contribution in [2.24, 2.45) is 10.4 Å². The number of aliphatic hydroxyl groups is 1. The van der Waals surface area contributed by atoms with Crippen LogP contribution in [-0.4, -0.2) is 61.4 Å². The normalized spacial score (nSPS) is 20.9. The number of guanidine groups is 1. The van der Waals surface area contributed by atoms with Gasteiger partial charge in [-0.1, -0.05) is 19.9 Å². The molecule has 0 spiro atoms. The van der Waals surface area contributed by atoms with Gasteiger partial charge in [0.25, 0.3) is 0 Å². The molecule has 0 aromatic carbocycles. The van der Waals surface area contributed by atoms with Gasteiger partial charge >= 0.3 is 0 Å². The maximum absolute atomic E-state index is 12.2. The Morgan fingerprint density at radius 3 is 2.60 bits per heavy atom. The molecule has 2 N–H and O–H groups in total. The number of nitrogens with one attached hydrogen (secondary N) is 1. The fraction of sp³-hybridized carbons (Fsp3) is 0.706. The summed E-state index contributed by atoms with van der Waals surface area (Å²) in [7, 11) is -3.46. The maximum atomic E-state index is 12.2. The van der Waals surface area contributed by atoms with Gasteiger partial charge in [-0.3, -0.25) is 4.99 Å². The van der Waals surface area contributed by atoms with E-state index in [0.717, 1.165) is 19.0 Å². The first-order valence-electron chi connectivity index (χ1n) is 8.51. The predicted molar refractivity (Wildman–Crippen MR) is 103 cm³/mol. The Hall–Kier alpha value is -1.12. The van der Waals surface area contributed by atoms with Crippen molar-refractivity contribution >= 4 is 27.1 Å². The average Bonchev–Trinajstić information content (AvgIpc) is 3.04. The fourth-order valence-corrected chi connectivity index (χ4v) is 5.28. The van der Waals surface area contributed by atoms with E-state index in [4.69, 9.17) is 0 Å². The van der Waals surface area contributed by atoms with Gasteiger partial charge in [0.05, 0.1) is 18.4 Å². The lowest BCUT2D eigenvalue weighted by Crippen LogP contribution is -2.72. The summed E-state index contributed by atoms with van der Waals surface area (Å²) in [5.41, 5.74) is 0.117. The van der Waals surface area contributed by atoms with Crippen LogP contribution < -0.4 is 5.32 Å². The van der Waals surface area contributed by atoms with Gasteiger partial charge in [0.1, 0.15) is 4.21 Å². The molecule has 0 saturated carbocycles. The summed E-state index contributed by atoms with van der Waals surface area (Å²) < 4.78 is 24.8. The molecule has 0 amide bonds. The molecule has 2 rings (SSSR count). The van der Waals surface area contributed by atoms with E-state index in [2.05, 4.69) is 42.9 Å². The molecule has 1 aromatic rings. The number of nitrogens with zero attached hydrogens (tertiary/aromatic N) is 2. The number of rotatable bonds is 6. The molecule has 8 heteroatoms. The molecule has 1 fully saturated rings. The van der Waals surface area contributed by atoms with Crippen LogP contribution in [0.5, 0.6) is 0 Å². The van der Waals surface area contributed by atoms with Gasteiger partial charge in [-0.25, -0.2) is 8.42 Å². The summed E-state index contributed by atoms with van der Waals surface area (Å²) >= 11 is 1.17. The van der Waals surface area contributed by atoms with E-state index in [0.29, 0.717) is 0 Å². The molecule has 1 aromatic heterocycles. The minimum atomic E-state index is -3.46. The second-order valence-corrected chi connectivity index (χ2v) is 10.8. The predicted octanol–water partition coefficient (Wildman–Crippen LogP) is 1.97. The van der Waals surface area contributed by atoms with Gasteiger partial charge in [-0.05, 0) is 32.2 Å². The Morgan fingerprint density at radius 2 is 2.12 bits per heavy atom. The number of aliphatic hydroxyl groups excluding tert-OH is 1. The van der Waals surface area contributed by atoms with E-state index in [1.165, 1.54) is 11.3 Å². The zero-order valence-corrected chi connectivity index (χ0v) is 17.2. The SMILES string of the molecule is CCNC(=NCC(O)CS(=O)(=O)c1cccs1)N1CC(C)(C)C1(C)C. The molecular formula is C17H29N3O3S2. The smallest absolute Gasteiger partial charge is 0.194 e. The quantitative estimate of drug-likeness (QED) is 0.576. The van der Waals surface area contributed by atoms with Crippen LogP contribution in [0, 0.1) is 5.41 Å². The first-order chi connectivity index (χ1) is 11.5. The molecule has 25 heavy (non-hydrogen) atoms. The van der Waals surface area contributed by atoms with E-state index < -0.39 is 15.9 Å². The summed E-state index contributed by atoms with van der Waals surface area (Å²) in [6.45, 7) is 12.4. The molecule has 6 nitrogen and oxygen atoms in total. The van der Waals surface area contributed by atoms with Crippen molar-refractivity contribution in [2.75, 3.05) is 25.4 Å². The van der Waals surface area contributed by atoms with Crippen LogP contribution in [0.3, 0.4) is 0 Å². The van der Waals surface area contributed by atoms with Crippen molar-refractivity contribution in [1.29, 1.82) is 0 Å². The first kappa shape index (κ1) is 20.2. The van der Waals surface area contributed by atoms with E-state index in [1.807, 2.05) is 6.92 Å². The van der Waals surface area contributed by atoms with Gasteiger partial charge in [-0.15, -0.1) is 11.3 Å². The van der Waals surface area contributed by atoms with Crippen LogP contribution in [0.1, 0.15) is 34.6 Å². The summed E-state index contributed by atoms with van der Waals surface area (Å²) in [6.07, 6.45) is -1.03. The van der Waals surface area contributed by atoms with Crippen molar-refractivity contribution in [1.82, 2.24) is 10.2 Å². The number of likely N-dealkylation sites (tertiary alicyclic amines) is 1. The lowest BCUT2D eigenvalue weighted by molar-refractivity contribution is -0.0668. The average molecular weight is 388 g/mol. The van der Waals surface area contributed by atoms with Crippen LogP contribution in [0.15, 0.2) is 26.7 Å². The Labute approximate surface area is 154 Å². The zero-order chi connectivity index (χ0) is 18.9. The van der Waals surface area contributed by atoms with Crippen molar-refractivity contribution in [3.05, 3.63) is 17.5 Å². The highest BCUT2D eigenvalue weighted by Crippen LogP contribution is 2.46. The van der Waals surface area contributed by atoms with Gasteiger partial charge < -0.3 is 15.3 Å². The maximum Gasteiger partial charge on any atom is 0.194 e. The number of sulfone groups is 1. The molecule has 0 bridgehead atoms. The standard InChI is InChI=1S/C17H29N3O3S2/c1-6-18-15(20-12-16(2,3)17(20,4)5)19-10-13(21)11-25(22,23)14-8-7-9-24-14/h7-9,13,21H,6,10-12H2,1-5H3,(H,18,19). The van der Waals surface area contributed by atoms with Crippen LogP contribution in [0.2, 0.25) is 0 Å². The molecule has 2 heterocycles.